The smallest absolute Gasteiger partial charge is 0.121 e. The summed E-state index contributed by atoms with van der Waals surface area (Å²) in [6.45, 7) is 0.108. The predicted molar refractivity (Wildman–Crippen MR) is 53.4 cm³/mol. The van der Waals surface area contributed by atoms with Crippen molar-refractivity contribution in [3.05, 3.63) is 24.0 Å². The normalized spacial score (nSPS) is 10.7. The van der Waals surface area contributed by atoms with E-state index in [1.165, 1.54) is 0 Å². The number of hydrogen-bond acceptors (Lipinski definition) is 3. The lowest BCUT2D eigenvalue weighted by atomic mass is 10.3. The second-order valence-electron chi connectivity index (χ2n) is 3.04. The first-order valence-corrected chi connectivity index (χ1v) is 4.47. The van der Waals surface area contributed by atoms with Gasteiger partial charge in [-0.05, 0) is 12.1 Å². The van der Waals surface area contributed by atoms with Crippen molar-refractivity contribution in [3.8, 4) is 5.75 Å². The summed E-state index contributed by atoms with van der Waals surface area (Å²) in [5, 5.41) is 8.76. The maximum atomic E-state index is 8.76. The van der Waals surface area contributed by atoms with Gasteiger partial charge in [0, 0.05) is 12.5 Å². The van der Waals surface area contributed by atoms with Crippen LogP contribution in [0.1, 0.15) is 5.82 Å². The van der Waals surface area contributed by atoms with E-state index in [-0.39, 0.29) is 6.61 Å². The number of hydrogen-bond donors (Lipinski definition) is 2. The molecule has 0 aliphatic rings. The van der Waals surface area contributed by atoms with Gasteiger partial charge in [0.15, 0.2) is 0 Å². The molecule has 0 bridgehead atoms. The van der Waals surface area contributed by atoms with Crippen molar-refractivity contribution in [2.75, 3.05) is 13.7 Å². The van der Waals surface area contributed by atoms with Crippen LogP contribution in [0, 0.1) is 0 Å². The number of fused-ring (bicyclic) bond motifs is 1. The molecule has 2 rings (SSSR count). The van der Waals surface area contributed by atoms with Gasteiger partial charge in [0.2, 0.25) is 0 Å². The zero-order valence-corrected chi connectivity index (χ0v) is 7.95. The summed E-state index contributed by atoms with van der Waals surface area (Å²) in [6.07, 6.45) is 0.553. The highest BCUT2D eigenvalue weighted by Crippen LogP contribution is 2.18. The lowest BCUT2D eigenvalue weighted by molar-refractivity contribution is 0.297. The summed E-state index contributed by atoms with van der Waals surface area (Å²) in [7, 11) is 1.63. The summed E-state index contributed by atoms with van der Waals surface area (Å²) in [6, 6.07) is 5.66. The van der Waals surface area contributed by atoms with Crippen molar-refractivity contribution < 1.29 is 9.84 Å². The van der Waals surface area contributed by atoms with Gasteiger partial charge in [0.25, 0.3) is 0 Å². The molecule has 74 valence electrons. The van der Waals surface area contributed by atoms with E-state index in [1.54, 1.807) is 7.11 Å². The molecule has 0 saturated carbocycles. The highest BCUT2D eigenvalue weighted by atomic mass is 16.5. The van der Waals surface area contributed by atoms with Crippen LogP contribution in [0.5, 0.6) is 5.75 Å². The summed E-state index contributed by atoms with van der Waals surface area (Å²) in [5.41, 5.74) is 1.84. The van der Waals surface area contributed by atoms with Crippen LogP contribution in [0.4, 0.5) is 0 Å². The highest BCUT2D eigenvalue weighted by Gasteiger charge is 2.02. The van der Waals surface area contributed by atoms with Crippen LogP contribution in [0.25, 0.3) is 11.0 Å². The number of imidazole rings is 1. The predicted octanol–water partition coefficient (Wildman–Crippen LogP) is 1.11. The van der Waals surface area contributed by atoms with Gasteiger partial charge in [0.1, 0.15) is 11.6 Å². The summed E-state index contributed by atoms with van der Waals surface area (Å²) in [4.78, 5) is 7.44. The Balaban J connectivity index is 2.43. The number of H-pyrrole nitrogens is 1. The first-order chi connectivity index (χ1) is 6.83. The topological polar surface area (TPSA) is 58.1 Å². The van der Waals surface area contributed by atoms with Gasteiger partial charge >= 0.3 is 0 Å². The second-order valence-corrected chi connectivity index (χ2v) is 3.04. The van der Waals surface area contributed by atoms with Crippen molar-refractivity contribution >= 4 is 11.0 Å². The summed E-state index contributed by atoms with van der Waals surface area (Å²) in [5.74, 6) is 1.59. The first-order valence-electron chi connectivity index (χ1n) is 4.47. The van der Waals surface area contributed by atoms with Crippen molar-refractivity contribution in [2.45, 2.75) is 6.42 Å². The van der Waals surface area contributed by atoms with E-state index in [0.29, 0.717) is 6.42 Å². The van der Waals surface area contributed by atoms with Crippen LogP contribution in [-0.4, -0.2) is 28.8 Å². The SMILES string of the molecule is COc1ccc2[nH]c(CCO)nc2c1. The molecule has 0 aliphatic heterocycles. The molecule has 4 nitrogen and oxygen atoms in total. The molecule has 2 aromatic rings. The molecule has 1 aromatic carbocycles. The Morgan fingerprint density at radius 1 is 1.50 bits per heavy atom. The number of aliphatic hydroxyl groups is 1. The number of methoxy groups -OCH3 is 1. The van der Waals surface area contributed by atoms with Crippen LogP contribution >= 0.6 is 0 Å². The van der Waals surface area contributed by atoms with Gasteiger partial charge in [-0.25, -0.2) is 4.98 Å². The molecule has 4 heteroatoms. The molecule has 14 heavy (non-hydrogen) atoms. The van der Waals surface area contributed by atoms with Gasteiger partial charge < -0.3 is 14.8 Å². The van der Waals surface area contributed by atoms with Crippen LogP contribution in [-0.2, 0) is 6.42 Å². The third-order valence-corrected chi connectivity index (χ3v) is 2.09. The quantitative estimate of drug-likeness (QED) is 0.765. The number of aliphatic hydroxyl groups excluding tert-OH is 1. The van der Waals surface area contributed by atoms with Crippen LogP contribution in [0.2, 0.25) is 0 Å². The van der Waals surface area contributed by atoms with E-state index in [2.05, 4.69) is 9.97 Å². The molecule has 2 N–H and O–H groups in total. The Hall–Kier alpha value is -1.55. The van der Waals surface area contributed by atoms with E-state index >= 15 is 0 Å². The molecule has 1 heterocycles. The third-order valence-electron chi connectivity index (χ3n) is 2.09. The average Bonchev–Trinajstić information content (AvgIpc) is 2.59. The van der Waals surface area contributed by atoms with Gasteiger partial charge in [-0.15, -0.1) is 0 Å². The van der Waals surface area contributed by atoms with E-state index in [4.69, 9.17) is 9.84 Å². The van der Waals surface area contributed by atoms with E-state index < -0.39 is 0 Å². The fourth-order valence-electron chi connectivity index (χ4n) is 1.39. The first kappa shape index (κ1) is 9.02. The largest absolute Gasteiger partial charge is 0.497 e. The van der Waals surface area contributed by atoms with Gasteiger partial charge in [-0.3, -0.25) is 0 Å². The van der Waals surface area contributed by atoms with Gasteiger partial charge in [-0.1, -0.05) is 0 Å². The Bertz CT molecular complexity index is 437. The van der Waals surface area contributed by atoms with Crippen LogP contribution in [0.15, 0.2) is 18.2 Å². The van der Waals surface area contributed by atoms with Crippen LogP contribution < -0.4 is 4.74 Å². The molecule has 0 amide bonds. The minimum Gasteiger partial charge on any atom is -0.497 e. The Morgan fingerprint density at radius 3 is 3.07 bits per heavy atom. The number of aromatic nitrogens is 2. The standard InChI is InChI=1S/C10H12N2O2/c1-14-7-2-3-8-9(6-7)12-10(11-8)4-5-13/h2-3,6,13H,4-5H2,1H3,(H,11,12). The van der Waals surface area contributed by atoms with Crippen molar-refractivity contribution in [1.29, 1.82) is 0 Å². The summed E-state index contributed by atoms with van der Waals surface area (Å²) < 4.78 is 5.09. The molecule has 0 saturated heterocycles. The monoisotopic (exact) mass is 192 g/mol. The Labute approximate surface area is 81.5 Å². The maximum Gasteiger partial charge on any atom is 0.121 e. The molecule has 0 unspecified atom stereocenters. The molecule has 1 aromatic heterocycles. The van der Waals surface area contributed by atoms with Gasteiger partial charge in [-0.2, -0.15) is 0 Å². The number of benzene rings is 1. The average molecular weight is 192 g/mol. The molecular weight excluding hydrogens is 180 g/mol. The van der Waals surface area contributed by atoms with Crippen LogP contribution in [0.3, 0.4) is 0 Å². The number of ether oxygens (including phenoxy) is 1. The number of rotatable bonds is 3. The van der Waals surface area contributed by atoms with Crippen molar-refractivity contribution in [1.82, 2.24) is 9.97 Å². The lowest BCUT2D eigenvalue weighted by Crippen LogP contribution is -1.91. The van der Waals surface area contributed by atoms with E-state index in [1.807, 2.05) is 18.2 Å². The summed E-state index contributed by atoms with van der Waals surface area (Å²) >= 11 is 0. The zero-order chi connectivity index (χ0) is 9.97. The molecule has 0 atom stereocenters. The van der Waals surface area contributed by atoms with Crippen molar-refractivity contribution in [3.63, 3.8) is 0 Å². The number of nitrogens with one attached hydrogen (secondary N) is 1. The second kappa shape index (κ2) is 3.67. The van der Waals surface area contributed by atoms with Crippen molar-refractivity contribution in [2.24, 2.45) is 0 Å². The Kier molecular flexibility index (Phi) is 2.37. The molecular formula is C10H12N2O2. The highest BCUT2D eigenvalue weighted by molar-refractivity contribution is 5.76. The Morgan fingerprint density at radius 2 is 2.36 bits per heavy atom. The molecule has 0 spiro atoms. The number of nitrogens with zero attached hydrogens (tertiary/aromatic N) is 1. The number of aromatic amines is 1. The fourth-order valence-corrected chi connectivity index (χ4v) is 1.39. The molecule has 0 fully saturated rings. The zero-order valence-electron chi connectivity index (χ0n) is 7.95. The minimum absolute atomic E-state index is 0.108. The van der Waals surface area contributed by atoms with Gasteiger partial charge in [0.05, 0.1) is 24.8 Å². The molecule has 0 aliphatic carbocycles. The minimum atomic E-state index is 0.108. The van der Waals surface area contributed by atoms with E-state index in [9.17, 15) is 0 Å². The lowest BCUT2D eigenvalue weighted by Gasteiger charge is -1.96. The fraction of sp³-hybridized carbons (Fsp3) is 0.300. The molecule has 0 radical (unpaired) electrons. The van der Waals surface area contributed by atoms with E-state index in [0.717, 1.165) is 22.6 Å². The maximum absolute atomic E-state index is 8.76. The third kappa shape index (κ3) is 1.56.